The summed E-state index contributed by atoms with van der Waals surface area (Å²) in [4.78, 5) is 11.0. The highest BCUT2D eigenvalue weighted by Crippen LogP contribution is 2.30. The number of rotatable bonds is 4. The molecule has 1 aromatic rings. The van der Waals surface area contributed by atoms with Crippen LogP contribution >= 0.6 is 11.6 Å². The van der Waals surface area contributed by atoms with Crippen molar-refractivity contribution in [2.24, 2.45) is 0 Å². The van der Waals surface area contributed by atoms with Crippen LogP contribution in [-0.2, 0) is 11.3 Å². The lowest BCUT2D eigenvalue weighted by Crippen LogP contribution is -2.43. The molecule has 5 nitrogen and oxygen atoms in total. The molecule has 0 saturated carbocycles. The smallest absolute Gasteiger partial charge is 0.320 e. The normalized spacial score (nSPS) is 24.1. The molecule has 0 aliphatic carbocycles. The second kappa shape index (κ2) is 5.71. The summed E-state index contributed by atoms with van der Waals surface area (Å²) in [6, 6.07) is -0.494. The average molecular weight is 272 g/mol. The Morgan fingerprint density at radius 2 is 2.44 bits per heavy atom. The molecule has 2 unspecified atom stereocenters. The molecule has 0 bridgehead atoms. The van der Waals surface area contributed by atoms with Gasteiger partial charge in [-0.3, -0.25) is 14.8 Å². The standard InChI is InChI=1S/C12H18ClN3O2/c1-2-6-16-11(8(13)7-14-16)9-4-3-5-10(15-9)12(17)18/h7,9-10,15H,2-6H2,1H3,(H,17,18). The van der Waals surface area contributed by atoms with Gasteiger partial charge in [0.2, 0.25) is 0 Å². The first-order valence-electron chi connectivity index (χ1n) is 6.33. The lowest BCUT2D eigenvalue weighted by Gasteiger charge is -2.29. The molecule has 1 aliphatic heterocycles. The van der Waals surface area contributed by atoms with Crippen molar-refractivity contribution < 1.29 is 9.90 Å². The summed E-state index contributed by atoms with van der Waals surface area (Å²) in [7, 11) is 0. The van der Waals surface area contributed by atoms with Gasteiger partial charge in [0, 0.05) is 6.54 Å². The van der Waals surface area contributed by atoms with E-state index in [0.717, 1.165) is 31.5 Å². The minimum atomic E-state index is -0.794. The fraction of sp³-hybridized carbons (Fsp3) is 0.667. The highest BCUT2D eigenvalue weighted by atomic mass is 35.5. The first-order chi connectivity index (χ1) is 8.63. The number of aryl methyl sites for hydroxylation is 1. The fourth-order valence-electron chi connectivity index (χ4n) is 2.45. The van der Waals surface area contributed by atoms with Crippen molar-refractivity contribution in [2.75, 3.05) is 0 Å². The van der Waals surface area contributed by atoms with Crippen LogP contribution in [0.15, 0.2) is 6.20 Å². The van der Waals surface area contributed by atoms with Gasteiger partial charge in [0.05, 0.1) is 23.0 Å². The van der Waals surface area contributed by atoms with Gasteiger partial charge in [-0.15, -0.1) is 0 Å². The minimum absolute atomic E-state index is 0.0126. The van der Waals surface area contributed by atoms with Crippen molar-refractivity contribution in [2.45, 2.75) is 51.2 Å². The molecule has 1 aromatic heterocycles. The van der Waals surface area contributed by atoms with Crippen molar-refractivity contribution in [3.8, 4) is 0 Å². The molecule has 1 fully saturated rings. The molecule has 6 heteroatoms. The third-order valence-electron chi connectivity index (χ3n) is 3.28. The topological polar surface area (TPSA) is 67.2 Å². The zero-order chi connectivity index (χ0) is 13.1. The first kappa shape index (κ1) is 13.4. The Hall–Kier alpha value is -1.07. The van der Waals surface area contributed by atoms with Gasteiger partial charge in [0.25, 0.3) is 0 Å². The van der Waals surface area contributed by atoms with Gasteiger partial charge in [0.15, 0.2) is 0 Å². The molecule has 0 spiro atoms. The van der Waals surface area contributed by atoms with Crippen LogP contribution in [0.25, 0.3) is 0 Å². The van der Waals surface area contributed by atoms with E-state index in [1.54, 1.807) is 6.20 Å². The van der Waals surface area contributed by atoms with E-state index >= 15 is 0 Å². The molecule has 1 saturated heterocycles. The monoisotopic (exact) mass is 271 g/mol. The van der Waals surface area contributed by atoms with Gasteiger partial charge < -0.3 is 5.11 Å². The molecule has 100 valence electrons. The molecule has 2 rings (SSSR count). The molecular weight excluding hydrogens is 254 g/mol. The van der Waals surface area contributed by atoms with Crippen LogP contribution in [0.3, 0.4) is 0 Å². The number of halogens is 1. The predicted octanol–water partition coefficient (Wildman–Crippen LogP) is 2.21. The van der Waals surface area contributed by atoms with E-state index in [1.165, 1.54) is 0 Å². The van der Waals surface area contributed by atoms with Gasteiger partial charge in [-0.1, -0.05) is 18.5 Å². The Bertz CT molecular complexity index is 433. The molecule has 2 heterocycles. The number of aliphatic carboxylic acids is 1. The molecule has 0 amide bonds. The number of aromatic nitrogens is 2. The number of hydrogen-bond acceptors (Lipinski definition) is 3. The van der Waals surface area contributed by atoms with Crippen molar-refractivity contribution in [1.82, 2.24) is 15.1 Å². The van der Waals surface area contributed by atoms with E-state index < -0.39 is 12.0 Å². The lowest BCUT2D eigenvalue weighted by molar-refractivity contribution is -0.140. The van der Waals surface area contributed by atoms with Gasteiger partial charge >= 0.3 is 5.97 Å². The maximum atomic E-state index is 11.0. The molecule has 0 aromatic carbocycles. The predicted molar refractivity (Wildman–Crippen MR) is 68.7 cm³/mol. The van der Waals surface area contributed by atoms with Crippen molar-refractivity contribution in [1.29, 1.82) is 0 Å². The third-order valence-corrected chi connectivity index (χ3v) is 3.58. The summed E-state index contributed by atoms with van der Waals surface area (Å²) < 4.78 is 1.88. The molecule has 18 heavy (non-hydrogen) atoms. The van der Waals surface area contributed by atoms with Crippen LogP contribution in [0.5, 0.6) is 0 Å². The summed E-state index contributed by atoms with van der Waals surface area (Å²) in [6.07, 6.45) is 5.07. The zero-order valence-electron chi connectivity index (χ0n) is 10.4. The Kier molecular flexibility index (Phi) is 4.24. The molecular formula is C12H18ClN3O2. The number of nitrogens with zero attached hydrogens (tertiary/aromatic N) is 2. The Labute approximate surface area is 111 Å². The average Bonchev–Trinajstić information content (AvgIpc) is 2.71. The van der Waals surface area contributed by atoms with Crippen LogP contribution in [0.1, 0.15) is 44.3 Å². The largest absolute Gasteiger partial charge is 0.480 e. The lowest BCUT2D eigenvalue weighted by atomic mass is 9.96. The number of piperidine rings is 1. The first-order valence-corrected chi connectivity index (χ1v) is 6.71. The van der Waals surface area contributed by atoms with Crippen LogP contribution in [0.2, 0.25) is 5.02 Å². The maximum absolute atomic E-state index is 11.0. The van der Waals surface area contributed by atoms with Crippen molar-refractivity contribution >= 4 is 17.6 Å². The van der Waals surface area contributed by atoms with Gasteiger partial charge in [-0.2, -0.15) is 5.10 Å². The number of nitrogens with one attached hydrogen (secondary N) is 1. The van der Waals surface area contributed by atoms with Crippen LogP contribution in [0, 0.1) is 0 Å². The van der Waals surface area contributed by atoms with Crippen molar-refractivity contribution in [3.63, 3.8) is 0 Å². The zero-order valence-corrected chi connectivity index (χ0v) is 11.2. The Morgan fingerprint density at radius 3 is 3.11 bits per heavy atom. The van der Waals surface area contributed by atoms with E-state index in [0.29, 0.717) is 11.4 Å². The van der Waals surface area contributed by atoms with Crippen LogP contribution in [-0.4, -0.2) is 26.9 Å². The molecule has 1 aliphatic rings. The van der Waals surface area contributed by atoms with E-state index in [-0.39, 0.29) is 6.04 Å². The van der Waals surface area contributed by atoms with Crippen LogP contribution in [0.4, 0.5) is 0 Å². The van der Waals surface area contributed by atoms with E-state index in [1.807, 2.05) is 4.68 Å². The summed E-state index contributed by atoms with van der Waals surface area (Å²) >= 11 is 6.17. The van der Waals surface area contributed by atoms with Crippen molar-refractivity contribution in [3.05, 3.63) is 16.9 Å². The third kappa shape index (κ3) is 2.67. The van der Waals surface area contributed by atoms with Crippen LogP contribution < -0.4 is 5.32 Å². The van der Waals surface area contributed by atoms with Gasteiger partial charge in [-0.05, 0) is 25.7 Å². The fourth-order valence-corrected chi connectivity index (χ4v) is 2.73. The number of carboxylic acids is 1. The summed E-state index contributed by atoms with van der Waals surface area (Å²) in [5, 5.41) is 17.1. The van der Waals surface area contributed by atoms with Gasteiger partial charge in [0.1, 0.15) is 6.04 Å². The Morgan fingerprint density at radius 1 is 1.67 bits per heavy atom. The van der Waals surface area contributed by atoms with E-state index in [2.05, 4.69) is 17.3 Å². The Balaban J connectivity index is 2.19. The second-order valence-corrected chi connectivity index (χ2v) is 5.05. The second-order valence-electron chi connectivity index (χ2n) is 4.64. The van der Waals surface area contributed by atoms with E-state index in [4.69, 9.17) is 16.7 Å². The maximum Gasteiger partial charge on any atom is 0.320 e. The summed E-state index contributed by atoms with van der Waals surface area (Å²) in [6.45, 7) is 2.88. The quantitative estimate of drug-likeness (QED) is 0.881. The highest BCUT2D eigenvalue weighted by molar-refractivity contribution is 6.31. The summed E-state index contributed by atoms with van der Waals surface area (Å²) in [5.41, 5.74) is 0.921. The number of hydrogen-bond donors (Lipinski definition) is 2. The van der Waals surface area contributed by atoms with E-state index in [9.17, 15) is 4.79 Å². The number of carboxylic acid groups (broad SMARTS) is 1. The number of carbonyl (C=O) groups is 1. The highest BCUT2D eigenvalue weighted by Gasteiger charge is 2.30. The SMILES string of the molecule is CCCn1ncc(Cl)c1C1CCCC(C(=O)O)N1. The van der Waals surface area contributed by atoms with Gasteiger partial charge in [-0.25, -0.2) is 0 Å². The molecule has 2 N–H and O–H groups in total. The molecule has 0 radical (unpaired) electrons. The summed E-state index contributed by atoms with van der Waals surface area (Å²) in [5.74, 6) is -0.794. The molecule has 2 atom stereocenters. The minimum Gasteiger partial charge on any atom is -0.480 e.